The molecule has 180 valence electrons. The molecule has 5 N–H and O–H groups in total. The number of hydrogen-bond donors (Lipinski definition) is 5. The quantitative estimate of drug-likeness (QED) is 0.344. The smallest absolute Gasteiger partial charge is 0.225 e. The number of aliphatic hydroxyl groups excluding tert-OH is 3. The maximum atomic E-state index is 10.6. The molecule has 0 saturated heterocycles. The largest absolute Gasteiger partial charge is 0.396 e. The van der Waals surface area contributed by atoms with E-state index < -0.39 is 18.2 Å². The fraction of sp³-hybridized carbons (Fsp3) is 0.583. The van der Waals surface area contributed by atoms with E-state index in [1.54, 1.807) is 17.5 Å². The Bertz CT molecular complexity index is 1240. The molecule has 10 heteroatoms. The van der Waals surface area contributed by atoms with Crippen LogP contribution in [0, 0.1) is 25.7 Å². The molecular formula is C24H30N6O3S. The first-order chi connectivity index (χ1) is 16.4. The Balaban J connectivity index is 1.41. The number of nitrogens with zero attached hydrogens (tertiary/aromatic N) is 4. The van der Waals surface area contributed by atoms with E-state index in [4.69, 9.17) is 15.0 Å². The third-order valence-electron chi connectivity index (χ3n) is 7.66. The molecule has 3 aliphatic rings. The van der Waals surface area contributed by atoms with Crippen LogP contribution in [0.4, 0.5) is 11.8 Å². The average Bonchev–Trinajstić information content (AvgIpc) is 3.72. The zero-order valence-corrected chi connectivity index (χ0v) is 20.1. The van der Waals surface area contributed by atoms with Gasteiger partial charge in [0.15, 0.2) is 0 Å². The van der Waals surface area contributed by atoms with Gasteiger partial charge in [-0.25, -0.2) is 9.97 Å². The summed E-state index contributed by atoms with van der Waals surface area (Å²) in [6.45, 7) is 3.73. The molecule has 0 unspecified atom stereocenters. The first kappa shape index (κ1) is 22.1. The van der Waals surface area contributed by atoms with Gasteiger partial charge in [-0.15, -0.1) is 11.3 Å². The van der Waals surface area contributed by atoms with Crippen molar-refractivity contribution in [2.45, 2.75) is 69.7 Å². The highest BCUT2D eigenvalue weighted by Gasteiger charge is 2.54. The number of hydrogen-bond acceptors (Lipinski definition) is 10. The van der Waals surface area contributed by atoms with Crippen LogP contribution in [0.3, 0.4) is 0 Å². The van der Waals surface area contributed by atoms with Gasteiger partial charge >= 0.3 is 0 Å². The van der Waals surface area contributed by atoms with E-state index in [0.717, 1.165) is 45.0 Å². The molecule has 3 aromatic rings. The number of rotatable bonds is 7. The summed E-state index contributed by atoms with van der Waals surface area (Å²) in [5, 5.41) is 38.4. The summed E-state index contributed by atoms with van der Waals surface area (Å²) in [6.07, 6.45) is 5.03. The Labute approximate surface area is 201 Å². The van der Waals surface area contributed by atoms with Gasteiger partial charge in [-0.3, -0.25) is 4.98 Å². The lowest BCUT2D eigenvalue weighted by Crippen LogP contribution is -2.36. The Hall–Kier alpha value is -2.40. The first-order valence-corrected chi connectivity index (χ1v) is 12.8. The van der Waals surface area contributed by atoms with Gasteiger partial charge in [-0.1, -0.05) is 0 Å². The Kier molecular flexibility index (Phi) is 5.25. The van der Waals surface area contributed by atoms with Gasteiger partial charge in [0.2, 0.25) is 5.95 Å². The van der Waals surface area contributed by atoms with Crippen LogP contribution in [0.25, 0.3) is 20.8 Å². The second kappa shape index (κ2) is 8.08. The summed E-state index contributed by atoms with van der Waals surface area (Å²) < 4.78 is 1.04. The van der Waals surface area contributed by atoms with E-state index >= 15 is 0 Å². The first-order valence-electron chi connectivity index (χ1n) is 12.0. The minimum Gasteiger partial charge on any atom is -0.396 e. The molecule has 9 nitrogen and oxygen atoms in total. The van der Waals surface area contributed by atoms with Crippen molar-refractivity contribution in [1.82, 2.24) is 19.9 Å². The second-order valence-electron chi connectivity index (χ2n) is 10.1. The maximum Gasteiger partial charge on any atom is 0.225 e. The van der Waals surface area contributed by atoms with Crippen molar-refractivity contribution in [1.29, 1.82) is 0 Å². The van der Waals surface area contributed by atoms with Crippen LogP contribution in [0.1, 0.15) is 43.5 Å². The fourth-order valence-electron chi connectivity index (χ4n) is 5.33. The fourth-order valence-corrected chi connectivity index (χ4v) is 6.44. The number of pyridine rings is 1. The van der Waals surface area contributed by atoms with Gasteiger partial charge in [0.05, 0.1) is 33.8 Å². The van der Waals surface area contributed by atoms with Crippen molar-refractivity contribution in [3.05, 3.63) is 23.7 Å². The molecule has 0 aliphatic heterocycles. The van der Waals surface area contributed by atoms with Crippen molar-refractivity contribution in [2.24, 2.45) is 11.8 Å². The summed E-state index contributed by atoms with van der Waals surface area (Å²) in [5.41, 5.74) is 3.43. The highest BCUT2D eigenvalue weighted by Crippen LogP contribution is 2.55. The Morgan fingerprint density at radius 1 is 1.09 bits per heavy atom. The molecule has 0 bridgehead atoms. The highest BCUT2D eigenvalue weighted by atomic mass is 32.1. The van der Waals surface area contributed by atoms with Gasteiger partial charge < -0.3 is 26.0 Å². The van der Waals surface area contributed by atoms with E-state index in [1.807, 2.05) is 19.9 Å². The highest BCUT2D eigenvalue weighted by molar-refractivity contribution is 7.21. The lowest BCUT2D eigenvalue weighted by Gasteiger charge is -2.23. The number of aryl methyl sites for hydroxylation is 2. The number of aliphatic hydroxyl groups is 3. The number of aromatic nitrogens is 4. The topological polar surface area (TPSA) is 136 Å². The summed E-state index contributed by atoms with van der Waals surface area (Å²) in [6, 6.07) is 1.52. The molecule has 34 heavy (non-hydrogen) atoms. The molecule has 0 spiro atoms. The summed E-state index contributed by atoms with van der Waals surface area (Å²) >= 11 is 1.56. The summed E-state index contributed by atoms with van der Waals surface area (Å²) in [5.74, 6) is 1.49. The summed E-state index contributed by atoms with van der Waals surface area (Å²) in [7, 11) is 0. The van der Waals surface area contributed by atoms with E-state index in [0.29, 0.717) is 24.1 Å². The molecule has 3 saturated carbocycles. The van der Waals surface area contributed by atoms with E-state index in [-0.39, 0.29) is 18.1 Å². The van der Waals surface area contributed by atoms with Crippen molar-refractivity contribution in [2.75, 3.05) is 17.2 Å². The molecule has 0 radical (unpaired) electrons. The van der Waals surface area contributed by atoms with Crippen LogP contribution in [-0.2, 0) is 0 Å². The third kappa shape index (κ3) is 3.73. The number of nitrogens with one attached hydrogen (secondary N) is 2. The van der Waals surface area contributed by atoms with Crippen LogP contribution in [0.15, 0.2) is 12.3 Å². The van der Waals surface area contributed by atoms with Crippen molar-refractivity contribution in [3.8, 4) is 10.6 Å². The second-order valence-corrected chi connectivity index (χ2v) is 11.1. The maximum absolute atomic E-state index is 10.6. The zero-order valence-electron chi connectivity index (χ0n) is 19.3. The lowest BCUT2D eigenvalue weighted by molar-refractivity contribution is 0.00446. The molecule has 3 aromatic heterocycles. The predicted octanol–water partition coefficient (Wildman–Crippen LogP) is 2.63. The van der Waals surface area contributed by atoms with Gasteiger partial charge in [0.25, 0.3) is 0 Å². The Morgan fingerprint density at radius 3 is 2.53 bits per heavy atom. The standard InChI is InChI=1S/C24H30N6O3S/c1-11-17(22-28-18-12(2)25-8-5-16(18)34-22)21(27-15-9-13(10-31)19(32)20(15)33)29-23(26-11)30-24(6-7-24)14-3-4-14/h5,8,13-15,19-20,31-33H,3-4,6-7,9-10H2,1-2H3,(H2,26,27,29,30)/t13-,15-,19-,20+/m1/s1. The van der Waals surface area contributed by atoms with Crippen LogP contribution in [0.5, 0.6) is 0 Å². The molecule has 3 heterocycles. The van der Waals surface area contributed by atoms with E-state index in [2.05, 4.69) is 15.6 Å². The number of anilines is 2. The number of thiazole rings is 1. The van der Waals surface area contributed by atoms with Crippen LogP contribution < -0.4 is 10.6 Å². The van der Waals surface area contributed by atoms with Gasteiger partial charge in [0, 0.05) is 24.3 Å². The molecular weight excluding hydrogens is 452 g/mol. The van der Waals surface area contributed by atoms with Crippen molar-refractivity contribution < 1.29 is 15.3 Å². The van der Waals surface area contributed by atoms with Crippen LogP contribution >= 0.6 is 11.3 Å². The lowest BCUT2D eigenvalue weighted by atomic mass is 10.1. The summed E-state index contributed by atoms with van der Waals surface area (Å²) in [4.78, 5) is 18.9. The van der Waals surface area contributed by atoms with Crippen LogP contribution in [0.2, 0.25) is 0 Å². The normalized spacial score (nSPS) is 27.8. The van der Waals surface area contributed by atoms with Gasteiger partial charge in [0.1, 0.15) is 22.4 Å². The minimum atomic E-state index is -1.00. The molecule has 3 aliphatic carbocycles. The van der Waals surface area contributed by atoms with E-state index in [1.165, 1.54) is 12.8 Å². The van der Waals surface area contributed by atoms with Crippen molar-refractivity contribution >= 4 is 33.3 Å². The molecule has 4 atom stereocenters. The van der Waals surface area contributed by atoms with E-state index in [9.17, 15) is 15.3 Å². The molecule has 0 amide bonds. The monoisotopic (exact) mass is 482 g/mol. The van der Waals surface area contributed by atoms with Gasteiger partial charge in [-0.05, 0) is 57.9 Å². The Morgan fingerprint density at radius 2 is 1.88 bits per heavy atom. The predicted molar refractivity (Wildman–Crippen MR) is 131 cm³/mol. The molecule has 6 rings (SSSR count). The van der Waals surface area contributed by atoms with Crippen LogP contribution in [-0.4, -0.2) is 65.7 Å². The molecule has 3 fully saturated rings. The zero-order chi connectivity index (χ0) is 23.6. The molecule has 0 aromatic carbocycles. The third-order valence-corrected chi connectivity index (χ3v) is 8.70. The average molecular weight is 483 g/mol. The number of fused-ring (bicyclic) bond motifs is 1. The van der Waals surface area contributed by atoms with Crippen molar-refractivity contribution in [3.63, 3.8) is 0 Å². The van der Waals surface area contributed by atoms with Gasteiger partial charge in [-0.2, -0.15) is 4.98 Å². The SMILES string of the molecule is Cc1nc(NC2(C3CC3)CC2)nc(N[C@@H]2C[C@H](CO)[C@@H](O)[C@H]2O)c1-c1nc2c(C)nccc2s1. The minimum absolute atomic E-state index is 0.120.